The van der Waals surface area contributed by atoms with Crippen LogP contribution in [0.25, 0.3) is 21.5 Å². The number of aliphatic hydroxyl groups excluding tert-OH is 1. The summed E-state index contributed by atoms with van der Waals surface area (Å²) in [5.74, 6) is 0. The summed E-state index contributed by atoms with van der Waals surface area (Å²) in [6, 6.07) is 19.8. The van der Waals surface area contributed by atoms with Gasteiger partial charge in [0.2, 0.25) is 0 Å². The third-order valence-electron chi connectivity index (χ3n) is 4.47. The Kier molecular flexibility index (Phi) is 5.07. The summed E-state index contributed by atoms with van der Waals surface area (Å²) < 4.78 is 0. The molecule has 0 heterocycles. The Labute approximate surface area is 132 Å². The maximum atomic E-state index is 8.84. The number of unbranched alkanes of at least 4 members (excludes halogenated alkanes) is 4. The van der Waals surface area contributed by atoms with E-state index in [2.05, 4.69) is 54.6 Å². The second-order valence-corrected chi connectivity index (χ2v) is 6.04. The van der Waals surface area contributed by atoms with Crippen molar-refractivity contribution in [1.29, 1.82) is 0 Å². The molecule has 1 nitrogen and oxygen atoms in total. The largest absolute Gasteiger partial charge is 0.396 e. The highest BCUT2D eigenvalue weighted by Gasteiger charge is 2.06. The highest BCUT2D eigenvalue weighted by atomic mass is 16.2. The van der Waals surface area contributed by atoms with E-state index in [-0.39, 0.29) is 0 Å². The summed E-state index contributed by atoms with van der Waals surface area (Å²) in [5.41, 5.74) is 1.50. The van der Waals surface area contributed by atoms with E-state index < -0.39 is 0 Å². The molecule has 3 rings (SSSR count). The van der Waals surface area contributed by atoms with Crippen molar-refractivity contribution in [3.8, 4) is 0 Å². The molecule has 0 radical (unpaired) electrons. The molecule has 0 fully saturated rings. The van der Waals surface area contributed by atoms with Gasteiger partial charge in [-0.25, -0.2) is 0 Å². The number of aliphatic hydroxyl groups is 1. The number of hydrogen-bond acceptors (Lipinski definition) is 1. The average molecular weight is 292 g/mol. The first-order valence-corrected chi connectivity index (χ1v) is 8.40. The van der Waals surface area contributed by atoms with Crippen LogP contribution in [0.15, 0.2) is 54.6 Å². The average Bonchev–Trinajstić information content (AvgIpc) is 2.57. The van der Waals surface area contributed by atoms with E-state index in [1.165, 1.54) is 46.4 Å². The molecule has 0 aliphatic heterocycles. The van der Waals surface area contributed by atoms with Crippen LogP contribution in [0.1, 0.15) is 37.7 Å². The van der Waals surface area contributed by atoms with Crippen molar-refractivity contribution in [2.75, 3.05) is 6.61 Å². The Morgan fingerprint density at radius 1 is 0.636 bits per heavy atom. The number of fused-ring (bicyclic) bond motifs is 2. The Morgan fingerprint density at radius 3 is 1.82 bits per heavy atom. The van der Waals surface area contributed by atoms with Gasteiger partial charge in [-0.05, 0) is 52.4 Å². The fraction of sp³-hybridized carbons (Fsp3) is 0.333. The first-order valence-electron chi connectivity index (χ1n) is 8.40. The lowest BCUT2D eigenvalue weighted by Gasteiger charge is -2.11. The van der Waals surface area contributed by atoms with Crippen LogP contribution in [0.5, 0.6) is 0 Å². The van der Waals surface area contributed by atoms with Gasteiger partial charge in [-0.3, -0.25) is 0 Å². The molecule has 0 spiro atoms. The quantitative estimate of drug-likeness (QED) is 0.451. The van der Waals surface area contributed by atoms with E-state index in [0.29, 0.717) is 6.61 Å². The van der Waals surface area contributed by atoms with E-state index in [1.807, 2.05) is 0 Å². The van der Waals surface area contributed by atoms with Crippen molar-refractivity contribution in [3.63, 3.8) is 0 Å². The molecule has 0 aliphatic carbocycles. The van der Waals surface area contributed by atoms with Gasteiger partial charge in [0.15, 0.2) is 0 Å². The second kappa shape index (κ2) is 7.42. The summed E-state index contributed by atoms with van der Waals surface area (Å²) in [6.07, 6.45) is 6.93. The Morgan fingerprint density at radius 2 is 1.18 bits per heavy atom. The predicted octanol–water partition coefficient (Wildman–Crippen LogP) is 5.48. The van der Waals surface area contributed by atoms with E-state index >= 15 is 0 Å². The van der Waals surface area contributed by atoms with E-state index in [0.717, 1.165) is 19.3 Å². The summed E-state index contributed by atoms with van der Waals surface area (Å²) in [4.78, 5) is 0. The molecule has 1 N–H and O–H groups in total. The summed E-state index contributed by atoms with van der Waals surface area (Å²) in [6.45, 7) is 0.327. The van der Waals surface area contributed by atoms with Gasteiger partial charge in [0.1, 0.15) is 0 Å². The molecule has 0 bridgehead atoms. The molecule has 0 saturated carbocycles. The summed E-state index contributed by atoms with van der Waals surface area (Å²) in [7, 11) is 0. The Balaban J connectivity index is 1.85. The Hall–Kier alpha value is -1.86. The van der Waals surface area contributed by atoms with Crippen molar-refractivity contribution in [3.05, 3.63) is 60.2 Å². The smallest absolute Gasteiger partial charge is 0.0431 e. The number of aryl methyl sites for hydroxylation is 1. The van der Waals surface area contributed by atoms with Crippen LogP contribution < -0.4 is 0 Å². The van der Waals surface area contributed by atoms with E-state index in [9.17, 15) is 0 Å². The van der Waals surface area contributed by atoms with Crippen LogP contribution in [-0.2, 0) is 6.42 Å². The molecule has 114 valence electrons. The Bertz CT molecular complexity index is 691. The van der Waals surface area contributed by atoms with Crippen LogP contribution >= 0.6 is 0 Å². The van der Waals surface area contributed by atoms with Gasteiger partial charge in [0.05, 0.1) is 0 Å². The molecule has 22 heavy (non-hydrogen) atoms. The van der Waals surface area contributed by atoms with Crippen molar-refractivity contribution in [1.82, 2.24) is 0 Å². The second-order valence-electron chi connectivity index (χ2n) is 6.04. The zero-order chi connectivity index (χ0) is 15.2. The van der Waals surface area contributed by atoms with E-state index in [1.54, 1.807) is 0 Å². The molecule has 3 aromatic carbocycles. The fourth-order valence-electron chi connectivity index (χ4n) is 3.32. The predicted molar refractivity (Wildman–Crippen MR) is 95.3 cm³/mol. The third-order valence-corrected chi connectivity index (χ3v) is 4.47. The fourth-order valence-corrected chi connectivity index (χ4v) is 3.32. The highest BCUT2D eigenvalue weighted by Crippen LogP contribution is 2.29. The molecular formula is C21H24O. The first kappa shape index (κ1) is 15.1. The molecule has 0 unspecified atom stereocenters. The lowest BCUT2D eigenvalue weighted by atomic mass is 9.93. The zero-order valence-corrected chi connectivity index (χ0v) is 13.1. The van der Waals surface area contributed by atoms with E-state index in [4.69, 9.17) is 5.11 Å². The first-order chi connectivity index (χ1) is 10.9. The zero-order valence-electron chi connectivity index (χ0n) is 13.1. The molecular weight excluding hydrogens is 268 g/mol. The molecule has 0 aromatic heterocycles. The van der Waals surface area contributed by atoms with Gasteiger partial charge in [-0.2, -0.15) is 0 Å². The maximum Gasteiger partial charge on any atom is 0.0431 e. The van der Waals surface area contributed by atoms with Gasteiger partial charge < -0.3 is 5.11 Å². The van der Waals surface area contributed by atoms with Crippen LogP contribution in [0.2, 0.25) is 0 Å². The van der Waals surface area contributed by atoms with Crippen LogP contribution in [0, 0.1) is 0 Å². The van der Waals surface area contributed by atoms with Crippen LogP contribution in [0.4, 0.5) is 0 Å². The minimum Gasteiger partial charge on any atom is -0.396 e. The molecule has 0 amide bonds. The molecule has 0 atom stereocenters. The number of rotatable bonds is 7. The van der Waals surface area contributed by atoms with Gasteiger partial charge in [-0.15, -0.1) is 0 Å². The monoisotopic (exact) mass is 292 g/mol. The minimum absolute atomic E-state index is 0.327. The van der Waals surface area contributed by atoms with Crippen LogP contribution in [-0.4, -0.2) is 11.7 Å². The van der Waals surface area contributed by atoms with Crippen LogP contribution in [0.3, 0.4) is 0 Å². The molecule has 0 aliphatic rings. The van der Waals surface area contributed by atoms with Gasteiger partial charge in [-0.1, -0.05) is 67.8 Å². The third kappa shape index (κ3) is 3.31. The van der Waals surface area contributed by atoms with Crippen molar-refractivity contribution < 1.29 is 5.11 Å². The molecule has 3 aromatic rings. The van der Waals surface area contributed by atoms with Crippen molar-refractivity contribution >= 4 is 21.5 Å². The normalized spacial score (nSPS) is 11.3. The van der Waals surface area contributed by atoms with Gasteiger partial charge >= 0.3 is 0 Å². The molecule has 1 heteroatoms. The lowest BCUT2D eigenvalue weighted by molar-refractivity contribution is 0.282. The van der Waals surface area contributed by atoms with Crippen molar-refractivity contribution in [2.45, 2.75) is 38.5 Å². The SMILES string of the molecule is OCCCCCCCc1c2ccccc2cc2ccccc12. The summed E-state index contributed by atoms with van der Waals surface area (Å²) in [5, 5.41) is 14.3. The topological polar surface area (TPSA) is 20.2 Å². The minimum atomic E-state index is 0.327. The highest BCUT2D eigenvalue weighted by molar-refractivity contribution is 6.02. The molecule has 0 saturated heterocycles. The standard InChI is InChI=1S/C21H24O/c22-15-9-3-1-2-4-14-21-19-12-7-5-10-17(19)16-18-11-6-8-13-20(18)21/h5-8,10-13,16,22H,1-4,9,14-15H2. The van der Waals surface area contributed by atoms with Gasteiger partial charge in [0.25, 0.3) is 0 Å². The number of hydrogen-bond donors (Lipinski definition) is 1. The lowest BCUT2D eigenvalue weighted by Crippen LogP contribution is -1.91. The maximum absolute atomic E-state index is 8.84. The summed E-state index contributed by atoms with van der Waals surface area (Å²) >= 11 is 0. The van der Waals surface area contributed by atoms with Crippen molar-refractivity contribution in [2.24, 2.45) is 0 Å². The number of benzene rings is 3. The van der Waals surface area contributed by atoms with Gasteiger partial charge in [0, 0.05) is 6.61 Å².